The van der Waals surface area contributed by atoms with Gasteiger partial charge in [0.05, 0.1) is 41.0 Å². The van der Waals surface area contributed by atoms with Crippen LogP contribution in [0.1, 0.15) is 63.4 Å². The predicted octanol–water partition coefficient (Wildman–Crippen LogP) is 4.09. The molecule has 4 rings (SSSR count). The number of rotatable bonds is 7. The number of hydrogen-bond donors (Lipinski definition) is 0. The van der Waals surface area contributed by atoms with Gasteiger partial charge < -0.3 is 4.74 Å². The number of ether oxygens (including phenoxy) is 1. The summed E-state index contributed by atoms with van der Waals surface area (Å²) in [6.45, 7) is 7.76. The van der Waals surface area contributed by atoms with Crippen LogP contribution in [0.2, 0.25) is 0 Å². The highest BCUT2D eigenvalue weighted by Crippen LogP contribution is 2.37. The van der Waals surface area contributed by atoms with Crippen molar-refractivity contribution in [3.63, 3.8) is 0 Å². The van der Waals surface area contributed by atoms with Crippen LogP contribution in [0.4, 0.5) is 4.39 Å². The first-order chi connectivity index (χ1) is 16.4. The largest absolute Gasteiger partial charge is 0.478 e. The summed E-state index contributed by atoms with van der Waals surface area (Å²) in [5.41, 5.74) is 0.606. The molecule has 1 fully saturated rings. The highest BCUT2D eigenvalue weighted by atomic mass is 32.2. The van der Waals surface area contributed by atoms with Crippen LogP contribution in [0.3, 0.4) is 0 Å². The van der Waals surface area contributed by atoms with Gasteiger partial charge in [0.25, 0.3) is 0 Å². The zero-order valence-electron chi connectivity index (χ0n) is 20.4. The Kier molecular flexibility index (Phi) is 6.61. The second-order valence-electron chi connectivity index (χ2n) is 9.75. The number of nitrogens with zero attached hydrogens (tertiary/aromatic N) is 3. The van der Waals surface area contributed by atoms with Gasteiger partial charge in [-0.15, -0.1) is 0 Å². The van der Waals surface area contributed by atoms with E-state index < -0.39 is 26.8 Å². The van der Waals surface area contributed by atoms with Crippen molar-refractivity contribution in [3.8, 4) is 11.6 Å². The van der Waals surface area contributed by atoms with Crippen molar-refractivity contribution in [1.82, 2.24) is 14.1 Å². The van der Waals surface area contributed by atoms with Gasteiger partial charge in [0.2, 0.25) is 5.88 Å². The van der Waals surface area contributed by atoms with Crippen LogP contribution in [0, 0.1) is 11.2 Å². The Morgan fingerprint density at radius 1 is 1.20 bits per heavy atom. The Balaban J connectivity index is 1.77. The fraction of sp³-hybridized carbons (Fsp3) is 0.480. The average Bonchev–Trinajstić information content (AvgIpc) is 3.08. The summed E-state index contributed by atoms with van der Waals surface area (Å²) < 4.78 is 46.6. The number of benzene rings is 1. The molecule has 8 nitrogen and oxygen atoms in total. The van der Waals surface area contributed by atoms with Gasteiger partial charge in [-0.05, 0) is 57.2 Å². The van der Waals surface area contributed by atoms with Crippen molar-refractivity contribution in [2.45, 2.75) is 53.0 Å². The normalized spacial score (nSPS) is 17.1. The number of pyridine rings is 1. The van der Waals surface area contributed by atoms with Gasteiger partial charge in [-0.25, -0.2) is 22.6 Å². The van der Waals surface area contributed by atoms with Crippen molar-refractivity contribution < 1.29 is 22.3 Å². The Hall–Kier alpha value is -3.01. The van der Waals surface area contributed by atoms with E-state index in [0.29, 0.717) is 36.0 Å². The number of carbonyl (C=O) groups is 1. The van der Waals surface area contributed by atoms with E-state index in [1.807, 2.05) is 20.8 Å². The maximum absolute atomic E-state index is 14.8. The van der Waals surface area contributed by atoms with Crippen molar-refractivity contribution >= 4 is 26.7 Å². The van der Waals surface area contributed by atoms with Gasteiger partial charge in [0.15, 0.2) is 11.6 Å². The minimum absolute atomic E-state index is 0.0212. The van der Waals surface area contributed by atoms with Crippen molar-refractivity contribution in [2.24, 2.45) is 5.41 Å². The molecule has 0 bridgehead atoms. The minimum atomic E-state index is -3.03. The maximum atomic E-state index is 14.8. The number of sulfone groups is 1. The first-order valence-corrected chi connectivity index (χ1v) is 13.6. The molecule has 188 valence electrons. The van der Waals surface area contributed by atoms with E-state index in [1.165, 1.54) is 15.2 Å². The van der Waals surface area contributed by atoms with Crippen molar-refractivity contribution in [3.05, 3.63) is 52.3 Å². The van der Waals surface area contributed by atoms with E-state index in [9.17, 15) is 22.4 Å². The molecule has 1 aromatic carbocycles. The van der Waals surface area contributed by atoms with Gasteiger partial charge in [-0.2, -0.15) is 0 Å². The average molecular weight is 504 g/mol. The Morgan fingerprint density at radius 3 is 2.51 bits per heavy atom. The standard InChI is InChI=1S/C25H30FN3O5S/c1-5-34-23-13-20(18(26)15-27-23)29-19-7-6-17(12-21(19)28(16(2)3)24(29)31)22(30)14-25(4)8-10-35(32,33)11-9-25/h6-7,12-13,15-16H,5,8-11,14H2,1-4H3. The van der Waals surface area contributed by atoms with Crippen molar-refractivity contribution in [2.75, 3.05) is 18.1 Å². The summed E-state index contributed by atoms with van der Waals surface area (Å²) >= 11 is 0. The summed E-state index contributed by atoms with van der Waals surface area (Å²) in [6, 6.07) is 6.10. The third kappa shape index (κ3) is 4.89. The topological polar surface area (TPSA) is 100 Å². The van der Waals surface area contributed by atoms with Gasteiger partial charge in [-0.1, -0.05) is 6.92 Å². The molecule has 3 aromatic rings. The van der Waals surface area contributed by atoms with Crippen LogP contribution in [0.5, 0.6) is 5.88 Å². The number of carbonyl (C=O) groups excluding carboxylic acids is 1. The Bertz CT molecular complexity index is 1440. The van der Waals surface area contributed by atoms with Gasteiger partial charge in [0, 0.05) is 24.1 Å². The lowest BCUT2D eigenvalue weighted by Crippen LogP contribution is -2.33. The smallest absolute Gasteiger partial charge is 0.334 e. The lowest BCUT2D eigenvalue weighted by molar-refractivity contribution is 0.0911. The number of aromatic nitrogens is 3. The SMILES string of the molecule is CCOc1cc(-n2c(=O)n(C(C)C)c3cc(C(=O)CC4(C)CCS(=O)(=O)CC4)ccc32)c(F)cn1. The van der Waals surface area contributed by atoms with Crippen LogP contribution in [0.15, 0.2) is 35.3 Å². The number of ketones is 1. The fourth-order valence-electron chi connectivity index (χ4n) is 4.63. The van der Waals surface area contributed by atoms with E-state index in [-0.39, 0.29) is 41.3 Å². The van der Waals surface area contributed by atoms with E-state index in [2.05, 4.69) is 4.98 Å². The molecule has 1 saturated heterocycles. The number of Topliss-reactive ketones (excluding diaryl/α,β-unsaturated/α-hetero) is 1. The second-order valence-corrected chi connectivity index (χ2v) is 12.1. The summed E-state index contributed by atoms with van der Waals surface area (Å²) in [5, 5.41) is 0. The molecular formula is C25H30FN3O5S. The third-order valence-corrected chi connectivity index (χ3v) is 8.33. The van der Waals surface area contributed by atoms with E-state index in [0.717, 1.165) is 6.20 Å². The summed E-state index contributed by atoms with van der Waals surface area (Å²) in [4.78, 5) is 30.5. The predicted molar refractivity (Wildman–Crippen MR) is 132 cm³/mol. The van der Waals surface area contributed by atoms with Crippen molar-refractivity contribution in [1.29, 1.82) is 0 Å². The number of imidazole rings is 1. The molecule has 0 saturated carbocycles. The zero-order valence-corrected chi connectivity index (χ0v) is 21.2. The molecule has 35 heavy (non-hydrogen) atoms. The van der Waals surface area contributed by atoms with Crippen LogP contribution < -0.4 is 10.4 Å². The summed E-state index contributed by atoms with van der Waals surface area (Å²) in [7, 11) is -3.03. The van der Waals surface area contributed by atoms with Gasteiger partial charge in [-0.3, -0.25) is 13.9 Å². The third-order valence-electron chi connectivity index (χ3n) is 6.68. The van der Waals surface area contributed by atoms with Crippen LogP contribution in [0.25, 0.3) is 16.7 Å². The molecule has 3 heterocycles. The monoisotopic (exact) mass is 503 g/mol. The fourth-order valence-corrected chi connectivity index (χ4v) is 6.44. The molecular weight excluding hydrogens is 473 g/mol. The number of halogens is 1. The molecule has 1 aliphatic heterocycles. The first-order valence-electron chi connectivity index (χ1n) is 11.7. The molecule has 0 spiro atoms. The molecule has 0 amide bonds. The quantitative estimate of drug-likeness (QED) is 0.450. The van der Waals surface area contributed by atoms with Gasteiger partial charge >= 0.3 is 5.69 Å². The van der Waals surface area contributed by atoms with E-state index in [1.54, 1.807) is 25.1 Å². The molecule has 0 N–H and O–H groups in total. The molecule has 10 heteroatoms. The first kappa shape index (κ1) is 25.1. The molecule has 0 atom stereocenters. The molecule has 2 aromatic heterocycles. The summed E-state index contributed by atoms with van der Waals surface area (Å²) in [6.07, 6.45) is 2.13. The van der Waals surface area contributed by atoms with Crippen LogP contribution in [-0.2, 0) is 9.84 Å². The second kappa shape index (κ2) is 9.22. The van der Waals surface area contributed by atoms with Crippen LogP contribution >= 0.6 is 0 Å². The minimum Gasteiger partial charge on any atom is -0.478 e. The molecule has 0 unspecified atom stereocenters. The lowest BCUT2D eigenvalue weighted by atomic mass is 9.78. The highest BCUT2D eigenvalue weighted by molar-refractivity contribution is 7.91. The maximum Gasteiger partial charge on any atom is 0.334 e. The number of hydrogen-bond acceptors (Lipinski definition) is 6. The molecule has 0 radical (unpaired) electrons. The zero-order chi connectivity index (χ0) is 25.5. The highest BCUT2D eigenvalue weighted by Gasteiger charge is 2.35. The Morgan fingerprint density at radius 2 is 1.89 bits per heavy atom. The van der Waals surface area contributed by atoms with Crippen LogP contribution in [-0.4, -0.2) is 46.4 Å². The molecule has 1 aliphatic rings. The molecule has 0 aliphatic carbocycles. The Labute approximate surface area is 203 Å². The number of fused-ring (bicyclic) bond motifs is 1. The lowest BCUT2D eigenvalue weighted by Gasteiger charge is -2.32. The van der Waals surface area contributed by atoms with E-state index >= 15 is 0 Å². The van der Waals surface area contributed by atoms with Gasteiger partial charge in [0.1, 0.15) is 9.84 Å². The van der Waals surface area contributed by atoms with E-state index in [4.69, 9.17) is 4.74 Å². The summed E-state index contributed by atoms with van der Waals surface area (Å²) in [5.74, 6) is -0.396.